The van der Waals surface area contributed by atoms with Gasteiger partial charge in [-0.15, -0.1) is 0 Å². The summed E-state index contributed by atoms with van der Waals surface area (Å²) in [7, 11) is 0. The molecule has 0 saturated heterocycles. The topological polar surface area (TPSA) is 0 Å². The molecule has 2 aromatic rings. The Balaban J connectivity index is 1.76. The minimum absolute atomic E-state index is 0.156. The van der Waals surface area contributed by atoms with Gasteiger partial charge in [0.05, 0.1) is 0 Å². The molecule has 5 rings (SSSR count). The first-order valence-electron chi connectivity index (χ1n) is 12.3. The minimum atomic E-state index is 0.156. The summed E-state index contributed by atoms with van der Waals surface area (Å²) < 4.78 is 0. The lowest BCUT2D eigenvalue weighted by Crippen LogP contribution is -2.42. The van der Waals surface area contributed by atoms with Gasteiger partial charge in [-0.2, -0.15) is 0 Å². The summed E-state index contributed by atoms with van der Waals surface area (Å²) in [6.45, 7) is 29.5. The number of hydrogen-bond acceptors (Lipinski definition) is 0. The van der Waals surface area contributed by atoms with Crippen molar-refractivity contribution >= 4 is 0 Å². The molecule has 166 valence electrons. The number of benzene rings is 2. The van der Waals surface area contributed by atoms with Crippen LogP contribution in [-0.4, -0.2) is 0 Å². The Morgan fingerprint density at radius 2 is 0.677 bits per heavy atom. The van der Waals surface area contributed by atoms with Gasteiger partial charge in [0, 0.05) is 0 Å². The lowest BCUT2D eigenvalue weighted by atomic mass is 9.59. The largest absolute Gasteiger partial charge is 0.0582 e. The van der Waals surface area contributed by atoms with Crippen LogP contribution in [0.25, 0.3) is 11.1 Å². The third kappa shape index (κ3) is 2.05. The Labute approximate surface area is 190 Å². The maximum atomic E-state index is 2.58. The summed E-state index contributed by atoms with van der Waals surface area (Å²) in [5.41, 5.74) is 13.4. The third-order valence-corrected chi connectivity index (χ3v) is 12.1. The summed E-state index contributed by atoms with van der Waals surface area (Å²) in [6.07, 6.45) is 1.08. The Morgan fingerprint density at radius 1 is 0.419 bits per heavy atom. The molecule has 0 aliphatic heterocycles. The number of hydrogen-bond donors (Lipinski definition) is 0. The van der Waals surface area contributed by atoms with Gasteiger partial charge in [0.15, 0.2) is 0 Å². The van der Waals surface area contributed by atoms with E-state index < -0.39 is 0 Å². The van der Waals surface area contributed by atoms with Gasteiger partial charge in [0.25, 0.3) is 0 Å². The van der Waals surface area contributed by atoms with Crippen LogP contribution >= 0.6 is 0 Å². The highest BCUT2D eigenvalue weighted by Crippen LogP contribution is 2.65. The van der Waals surface area contributed by atoms with Crippen LogP contribution in [-0.2, 0) is 28.1 Å². The normalized spacial score (nSPS) is 26.2. The van der Waals surface area contributed by atoms with E-state index >= 15 is 0 Å². The molecule has 2 aromatic carbocycles. The fraction of sp³-hybridized carbons (Fsp3) is 0.613. The predicted octanol–water partition coefficient (Wildman–Crippen LogP) is 8.45. The van der Waals surface area contributed by atoms with Crippen molar-refractivity contribution < 1.29 is 0 Å². The highest BCUT2D eigenvalue weighted by Gasteiger charge is 2.58. The van der Waals surface area contributed by atoms with Gasteiger partial charge >= 0.3 is 0 Å². The molecule has 0 N–H and O–H groups in total. The van der Waals surface area contributed by atoms with E-state index in [1.807, 2.05) is 0 Å². The molecule has 3 aliphatic rings. The molecule has 0 heteroatoms. The fourth-order valence-electron chi connectivity index (χ4n) is 7.27. The van der Waals surface area contributed by atoms with Gasteiger partial charge in [0.2, 0.25) is 0 Å². The van der Waals surface area contributed by atoms with Crippen LogP contribution in [0, 0.1) is 10.8 Å². The second-order valence-electron chi connectivity index (χ2n) is 14.0. The van der Waals surface area contributed by atoms with Crippen molar-refractivity contribution in [3.8, 4) is 11.1 Å². The van der Waals surface area contributed by atoms with Gasteiger partial charge in [-0.1, -0.05) is 95.2 Å². The van der Waals surface area contributed by atoms with E-state index in [4.69, 9.17) is 0 Å². The summed E-state index contributed by atoms with van der Waals surface area (Å²) in [5.74, 6) is 0. The maximum Gasteiger partial charge on any atom is -0.00132 e. The monoisotopic (exact) mass is 414 g/mol. The van der Waals surface area contributed by atoms with Crippen molar-refractivity contribution in [2.24, 2.45) is 10.8 Å². The van der Waals surface area contributed by atoms with Crippen LogP contribution in [0.3, 0.4) is 0 Å². The standard InChI is InChI=1S/C31H42/c1-26(2)22-14-18-13-19-15-23-25(29(7,8)31(11,12)27(23,3)4)17-21(19)20(18)16-24(22)28(5,6)30(26,9)10/h14-17H,13H2,1-12H3. The van der Waals surface area contributed by atoms with Gasteiger partial charge in [-0.3, -0.25) is 0 Å². The molecule has 0 radical (unpaired) electrons. The van der Waals surface area contributed by atoms with E-state index in [1.165, 1.54) is 22.3 Å². The van der Waals surface area contributed by atoms with Gasteiger partial charge in [-0.25, -0.2) is 0 Å². The first-order chi connectivity index (χ1) is 13.9. The molecule has 0 unspecified atom stereocenters. The molecule has 0 amide bonds. The molecular formula is C31H42. The zero-order chi connectivity index (χ0) is 23.2. The lowest BCUT2D eigenvalue weighted by Gasteiger charge is -2.44. The predicted molar refractivity (Wildman–Crippen MR) is 134 cm³/mol. The van der Waals surface area contributed by atoms with E-state index in [9.17, 15) is 0 Å². The maximum absolute atomic E-state index is 2.58. The van der Waals surface area contributed by atoms with Crippen molar-refractivity contribution in [2.45, 2.75) is 111 Å². The van der Waals surface area contributed by atoms with Gasteiger partial charge in [0.1, 0.15) is 0 Å². The average Bonchev–Trinajstić information content (AvgIpc) is 3.08. The molecule has 0 fully saturated rings. The summed E-state index contributed by atoms with van der Waals surface area (Å²) in [6, 6.07) is 10.3. The van der Waals surface area contributed by atoms with E-state index in [-0.39, 0.29) is 32.5 Å². The molecule has 3 aliphatic carbocycles. The molecule has 0 nitrogen and oxygen atoms in total. The Hall–Kier alpha value is -1.56. The van der Waals surface area contributed by atoms with Crippen molar-refractivity contribution in [3.63, 3.8) is 0 Å². The molecule has 0 aromatic heterocycles. The fourth-order valence-corrected chi connectivity index (χ4v) is 7.27. The summed E-state index contributed by atoms with van der Waals surface area (Å²) in [4.78, 5) is 0. The first-order valence-corrected chi connectivity index (χ1v) is 12.3. The molecule has 0 heterocycles. The zero-order valence-electron chi connectivity index (χ0n) is 22.0. The van der Waals surface area contributed by atoms with Crippen molar-refractivity contribution in [1.82, 2.24) is 0 Å². The lowest BCUT2D eigenvalue weighted by molar-refractivity contribution is 0.125. The van der Waals surface area contributed by atoms with Crippen LogP contribution in [0.1, 0.15) is 116 Å². The summed E-state index contributed by atoms with van der Waals surface area (Å²) >= 11 is 0. The van der Waals surface area contributed by atoms with Gasteiger partial charge < -0.3 is 0 Å². The van der Waals surface area contributed by atoms with Crippen molar-refractivity contribution in [3.05, 3.63) is 57.6 Å². The Kier molecular flexibility index (Phi) is 3.65. The van der Waals surface area contributed by atoms with Crippen molar-refractivity contribution in [1.29, 1.82) is 0 Å². The molecular weight excluding hydrogens is 372 g/mol. The summed E-state index contributed by atoms with van der Waals surface area (Å²) in [5, 5.41) is 0. The molecule has 31 heavy (non-hydrogen) atoms. The molecule has 0 atom stereocenters. The number of rotatable bonds is 0. The van der Waals surface area contributed by atoms with E-state index in [1.54, 1.807) is 22.3 Å². The Bertz CT molecular complexity index is 1050. The Morgan fingerprint density at radius 3 is 0.968 bits per heavy atom. The van der Waals surface area contributed by atoms with Crippen molar-refractivity contribution in [2.75, 3.05) is 0 Å². The SMILES string of the molecule is CC1(C)c2cc3c(cc2C(C)(C)C1(C)C)-c1cc2c(cc1C3)C(C)(C)C(C)(C)C2(C)C. The highest BCUT2D eigenvalue weighted by molar-refractivity contribution is 5.81. The average molecular weight is 415 g/mol. The van der Waals surface area contributed by atoms with E-state index in [2.05, 4.69) is 107 Å². The van der Waals surface area contributed by atoms with Gasteiger partial charge in [-0.05, 0) is 95.6 Å². The van der Waals surface area contributed by atoms with Crippen LogP contribution in [0.2, 0.25) is 0 Å². The first kappa shape index (κ1) is 21.3. The van der Waals surface area contributed by atoms with Crippen LogP contribution in [0.4, 0.5) is 0 Å². The second-order valence-corrected chi connectivity index (χ2v) is 14.0. The van der Waals surface area contributed by atoms with E-state index in [0.717, 1.165) is 6.42 Å². The minimum Gasteiger partial charge on any atom is -0.0582 e. The quantitative estimate of drug-likeness (QED) is 0.346. The van der Waals surface area contributed by atoms with Crippen LogP contribution in [0.15, 0.2) is 24.3 Å². The third-order valence-electron chi connectivity index (χ3n) is 12.1. The zero-order valence-corrected chi connectivity index (χ0v) is 22.0. The van der Waals surface area contributed by atoms with E-state index in [0.29, 0.717) is 0 Å². The molecule has 0 bridgehead atoms. The van der Waals surface area contributed by atoms with Crippen LogP contribution in [0.5, 0.6) is 0 Å². The highest BCUT2D eigenvalue weighted by atomic mass is 14.6. The second kappa shape index (κ2) is 5.32. The smallest absolute Gasteiger partial charge is 0.00132 e. The van der Waals surface area contributed by atoms with Crippen LogP contribution < -0.4 is 0 Å². The number of fused-ring (bicyclic) bond motifs is 5. The molecule has 0 saturated carbocycles. The molecule has 0 spiro atoms.